The van der Waals surface area contributed by atoms with Crippen molar-refractivity contribution in [2.24, 2.45) is 0 Å². The van der Waals surface area contributed by atoms with Crippen molar-refractivity contribution in [3.05, 3.63) is 34.8 Å². The van der Waals surface area contributed by atoms with E-state index >= 15 is 0 Å². The summed E-state index contributed by atoms with van der Waals surface area (Å²) in [5, 5.41) is 15.4. The number of anilines is 2. The van der Waals surface area contributed by atoms with Crippen LogP contribution < -0.4 is 10.6 Å². The Balaban J connectivity index is 2.36. The Labute approximate surface area is 142 Å². The van der Waals surface area contributed by atoms with E-state index in [0.717, 1.165) is 22.7 Å². The number of halogens is 1. The molecule has 0 heterocycles. The van der Waals surface area contributed by atoms with Gasteiger partial charge in [0.25, 0.3) is 0 Å². The van der Waals surface area contributed by atoms with E-state index < -0.39 is 12.2 Å². The molecule has 2 aromatic rings. The van der Waals surface area contributed by atoms with Crippen LogP contribution in [0.25, 0.3) is 10.8 Å². The van der Waals surface area contributed by atoms with Crippen molar-refractivity contribution in [2.75, 3.05) is 17.2 Å². The molecule has 2 rings (SSSR count). The molecule has 0 aliphatic heterocycles. The van der Waals surface area contributed by atoms with Gasteiger partial charge in [0.1, 0.15) is 0 Å². The smallest absolute Gasteiger partial charge is 0.411 e. The van der Waals surface area contributed by atoms with Crippen LogP contribution in [-0.4, -0.2) is 23.9 Å². The Bertz CT molecular complexity index is 733. The maximum Gasteiger partial charge on any atom is 0.411 e. The summed E-state index contributed by atoms with van der Waals surface area (Å²) in [6, 6.07) is 8.88. The van der Waals surface area contributed by atoms with Crippen LogP contribution in [0, 0.1) is 0 Å². The maximum atomic E-state index is 11.9. The van der Waals surface area contributed by atoms with Crippen LogP contribution in [0.4, 0.5) is 21.0 Å². The molecule has 23 heavy (non-hydrogen) atoms. The number of carbonyl (C=O) groups is 2. The van der Waals surface area contributed by atoms with Gasteiger partial charge in [0.05, 0.1) is 18.0 Å². The van der Waals surface area contributed by atoms with Crippen LogP contribution >= 0.6 is 15.9 Å². The number of nitrogens with one attached hydrogen (secondary N) is 2. The van der Waals surface area contributed by atoms with Crippen molar-refractivity contribution >= 4 is 50.3 Å². The highest BCUT2D eigenvalue weighted by Crippen LogP contribution is 2.33. The molecule has 3 N–H and O–H groups in total. The third kappa shape index (κ3) is 4.59. The van der Waals surface area contributed by atoms with Gasteiger partial charge in [-0.05, 0) is 30.0 Å². The zero-order chi connectivity index (χ0) is 16.8. The second kappa shape index (κ2) is 7.82. The van der Waals surface area contributed by atoms with Crippen molar-refractivity contribution in [2.45, 2.75) is 19.8 Å². The van der Waals surface area contributed by atoms with E-state index in [0.29, 0.717) is 23.4 Å². The first-order valence-corrected chi connectivity index (χ1v) is 7.96. The molecule has 7 heteroatoms. The molecule has 0 aromatic heterocycles. The van der Waals surface area contributed by atoms with E-state index in [1.165, 1.54) is 0 Å². The van der Waals surface area contributed by atoms with E-state index in [1.807, 2.05) is 19.1 Å². The lowest BCUT2D eigenvalue weighted by atomic mass is 10.1. The number of benzene rings is 2. The van der Waals surface area contributed by atoms with Crippen molar-refractivity contribution in [1.29, 1.82) is 0 Å². The highest BCUT2D eigenvalue weighted by atomic mass is 79.9. The summed E-state index contributed by atoms with van der Waals surface area (Å²) in [5.41, 5.74) is 0.665. The van der Waals surface area contributed by atoms with Gasteiger partial charge in [-0.1, -0.05) is 41.4 Å². The Morgan fingerprint density at radius 2 is 2.00 bits per heavy atom. The van der Waals surface area contributed by atoms with E-state index in [9.17, 15) is 9.59 Å². The predicted octanol–water partition coefficient (Wildman–Crippen LogP) is 5.04. The number of carboxylic acid groups (broad SMARTS) is 1. The molecule has 0 radical (unpaired) electrons. The number of hydrogen-bond acceptors (Lipinski definition) is 3. The van der Waals surface area contributed by atoms with Gasteiger partial charge in [-0.3, -0.25) is 10.6 Å². The third-order valence-electron chi connectivity index (χ3n) is 3.18. The fraction of sp³-hybridized carbons (Fsp3) is 0.250. The molecule has 0 saturated carbocycles. The fourth-order valence-corrected chi connectivity index (χ4v) is 2.48. The Hall–Kier alpha value is -2.28. The number of hydrogen-bond donors (Lipinski definition) is 3. The van der Waals surface area contributed by atoms with Gasteiger partial charge < -0.3 is 9.84 Å². The average molecular weight is 381 g/mol. The Morgan fingerprint density at radius 1 is 1.22 bits per heavy atom. The molecule has 2 amide bonds. The third-order valence-corrected chi connectivity index (χ3v) is 3.67. The molecular weight excluding hydrogens is 364 g/mol. The van der Waals surface area contributed by atoms with Gasteiger partial charge in [-0.2, -0.15) is 0 Å². The molecule has 122 valence electrons. The van der Waals surface area contributed by atoms with Gasteiger partial charge in [0.2, 0.25) is 0 Å². The summed E-state index contributed by atoms with van der Waals surface area (Å²) in [6.45, 7) is 2.32. The second-order valence-corrected chi connectivity index (χ2v) is 5.81. The van der Waals surface area contributed by atoms with Crippen molar-refractivity contribution in [3.8, 4) is 0 Å². The van der Waals surface area contributed by atoms with Crippen LogP contribution in [0.2, 0.25) is 0 Å². The van der Waals surface area contributed by atoms with Gasteiger partial charge in [0.15, 0.2) is 0 Å². The summed E-state index contributed by atoms with van der Waals surface area (Å²) in [6.07, 6.45) is -0.122. The van der Waals surface area contributed by atoms with E-state index in [-0.39, 0.29) is 0 Å². The minimum Gasteiger partial charge on any atom is -0.465 e. The van der Waals surface area contributed by atoms with Crippen LogP contribution in [0.15, 0.2) is 34.8 Å². The highest BCUT2D eigenvalue weighted by molar-refractivity contribution is 9.10. The number of unbranched alkanes of at least 4 members (excludes halogenated alkanes) is 1. The Morgan fingerprint density at radius 3 is 2.70 bits per heavy atom. The standard InChI is InChI=1S/C16H17BrN2O4/c1-2-3-8-23-16(22)19-14-12-6-5-11(17)9-10(12)4-7-13(14)18-15(20)21/h4-7,9,18H,2-3,8H2,1H3,(H,19,22)(H,20,21). The lowest BCUT2D eigenvalue weighted by molar-refractivity contribution is 0.160. The maximum absolute atomic E-state index is 11.9. The minimum absolute atomic E-state index is 0.291. The zero-order valence-electron chi connectivity index (χ0n) is 12.6. The molecule has 0 saturated heterocycles. The van der Waals surface area contributed by atoms with E-state index in [2.05, 4.69) is 26.6 Å². The summed E-state index contributed by atoms with van der Waals surface area (Å²) < 4.78 is 5.97. The lowest BCUT2D eigenvalue weighted by Gasteiger charge is -2.14. The fourth-order valence-electron chi connectivity index (χ4n) is 2.10. The molecular formula is C16H17BrN2O4. The first kappa shape index (κ1) is 17.1. The Kier molecular flexibility index (Phi) is 5.81. The van der Waals surface area contributed by atoms with Gasteiger partial charge >= 0.3 is 12.2 Å². The van der Waals surface area contributed by atoms with Gasteiger partial charge in [-0.25, -0.2) is 9.59 Å². The van der Waals surface area contributed by atoms with E-state index in [1.54, 1.807) is 18.2 Å². The number of fused-ring (bicyclic) bond motifs is 1. The predicted molar refractivity (Wildman–Crippen MR) is 93.2 cm³/mol. The van der Waals surface area contributed by atoms with Gasteiger partial charge in [-0.15, -0.1) is 0 Å². The molecule has 0 aliphatic carbocycles. The molecule has 6 nitrogen and oxygen atoms in total. The molecule has 0 fully saturated rings. The lowest BCUT2D eigenvalue weighted by Crippen LogP contribution is -2.17. The van der Waals surface area contributed by atoms with E-state index in [4.69, 9.17) is 9.84 Å². The van der Waals surface area contributed by atoms with Crippen molar-refractivity contribution < 1.29 is 19.4 Å². The number of carbonyl (C=O) groups excluding carboxylic acids is 1. The molecule has 0 bridgehead atoms. The number of rotatable bonds is 5. The molecule has 2 aromatic carbocycles. The van der Waals surface area contributed by atoms with Gasteiger partial charge in [0, 0.05) is 9.86 Å². The van der Waals surface area contributed by atoms with Crippen LogP contribution in [0.1, 0.15) is 19.8 Å². The number of ether oxygens (including phenoxy) is 1. The normalized spacial score (nSPS) is 10.3. The second-order valence-electron chi connectivity index (χ2n) is 4.90. The molecule has 0 aliphatic rings. The van der Waals surface area contributed by atoms with Crippen LogP contribution in [0.3, 0.4) is 0 Å². The molecule has 0 unspecified atom stereocenters. The SMILES string of the molecule is CCCCOC(=O)Nc1c(NC(=O)O)ccc2cc(Br)ccc12. The highest BCUT2D eigenvalue weighted by Gasteiger charge is 2.13. The summed E-state index contributed by atoms with van der Waals surface area (Å²) in [5.74, 6) is 0. The minimum atomic E-state index is -1.20. The van der Waals surface area contributed by atoms with Crippen LogP contribution in [-0.2, 0) is 4.74 Å². The number of amides is 2. The summed E-state index contributed by atoms with van der Waals surface area (Å²) >= 11 is 3.39. The summed E-state index contributed by atoms with van der Waals surface area (Å²) in [4.78, 5) is 22.9. The zero-order valence-corrected chi connectivity index (χ0v) is 14.1. The monoisotopic (exact) mass is 380 g/mol. The first-order valence-electron chi connectivity index (χ1n) is 7.17. The van der Waals surface area contributed by atoms with Crippen molar-refractivity contribution in [1.82, 2.24) is 0 Å². The quantitative estimate of drug-likeness (QED) is 0.633. The molecule has 0 atom stereocenters. The van der Waals surface area contributed by atoms with Crippen molar-refractivity contribution in [3.63, 3.8) is 0 Å². The first-order chi connectivity index (χ1) is 11.0. The van der Waals surface area contributed by atoms with Crippen LogP contribution in [0.5, 0.6) is 0 Å². The largest absolute Gasteiger partial charge is 0.465 e. The average Bonchev–Trinajstić information content (AvgIpc) is 2.49. The topological polar surface area (TPSA) is 87.7 Å². The summed E-state index contributed by atoms with van der Waals surface area (Å²) in [7, 11) is 0. The molecule has 0 spiro atoms.